The van der Waals surface area contributed by atoms with Gasteiger partial charge in [0.15, 0.2) is 0 Å². The zero-order valence-corrected chi connectivity index (χ0v) is 34.3. The molecule has 0 aliphatic rings. The van der Waals surface area contributed by atoms with Crippen molar-refractivity contribution < 1.29 is 28.7 Å². The lowest BCUT2D eigenvalue weighted by molar-refractivity contribution is -0.124. The van der Waals surface area contributed by atoms with Crippen LogP contribution in [0, 0.1) is 0 Å². The van der Waals surface area contributed by atoms with Gasteiger partial charge in [0.1, 0.15) is 11.5 Å². The highest BCUT2D eigenvalue weighted by Gasteiger charge is 2.13. The van der Waals surface area contributed by atoms with Gasteiger partial charge < -0.3 is 41.4 Å². The van der Waals surface area contributed by atoms with E-state index in [1.54, 1.807) is 38.7 Å². The fourth-order valence-electron chi connectivity index (χ4n) is 6.51. The minimum absolute atomic E-state index is 0.0912. The van der Waals surface area contributed by atoms with Crippen LogP contribution in [0.4, 0.5) is 11.4 Å². The molecule has 4 rings (SSSR count). The van der Waals surface area contributed by atoms with Gasteiger partial charge in [-0.15, -0.1) is 0 Å². The summed E-state index contributed by atoms with van der Waals surface area (Å²) in [5.41, 5.74) is 2.49. The van der Waals surface area contributed by atoms with Crippen molar-refractivity contribution in [2.45, 2.75) is 89.9 Å². The summed E-state index contributed by atoms with van der Waals surface area (Å²) in [5, 5.41) is 20.2. The number of methoxy groups -OCH3 is 2. The Morgan fingerprint density at radius 3 is 1.28 bits per heavy atom. The number of nitrogens with zero attached hydrogens (tertiary/aromatic N) is 2. The predicted molar refractivity (Wildman–Crippen MR) is 230 cm³/mol. The molecule has 0 aliphatic heterocycles. The van der Waals surface area contributed by atoms with Gasteiger partial charge in [-0.1, -0.05) is 50.7 Å². The van der Waals surface area contributed by atoms with Crippen LogP contribution in [0.2, 0.25) is 0 Å². The zero-order valence-electron chi connectivity index (χ0n) is 34.3. The van der Waals surface area contributed by atoms with E-state index >= 15 is 0 Å². The molecule has 0 aliphatic carbocycles. The first-order valence-electron chi connectivity index (χ1n) is 20.8. The van der Waals surface area contributed by atoms with Crippen molar-refractivity contribution in [1.29, 1.82) is 0 Å². The Labute approximate surface area is 342 Å². The number of hydrogen-bond donors (Lipinski definition) is 6. The van der Waals surface area contributed by atoms with Crippen molar-refractivity contribution in [2.75, 3.05) is 64.1 Å². The van der Waals surface area contributed by atoms with Crippen LogP contribution >= 0.6 is 0 Å². The quantitative estimate of drug-likeness (QED) is 0.0343. The van der Waals surface area contributed by atoms with Gasteiger partial charge in [-0.2, -0.15) is 0 Å². The monoisotopic (exact) mass is 798 g/mol. The Morgan fingerprint density at radius 1 is 0.483 bits per heavy atom. The number of rotatable bonds is 29. The molecular formula is C44H62N8O6. The second-order valence-electron chi connectivity index (χ2n) is 14.3. The summed E-state index contributed by atoms with van der Waals surface area (Å²) in [6.07, 6.45) is 15.3. The van der Waals surface area contributed by atoms with Gasteiger partial charge in [0.05, 0.1) is 36.6 Å². The predicted octanol–water partition coefficient (Wildman–Crippen LogP) is 6.25. The van der Waals surface area contributed by atoms with Crippen molar-refractivity contribution in [1.82, 2.24) is 31.2 Å². The first-order valence-corrected chi connectivity index (χ1v) is 20.8. The van der Waals surface area contributed by atoms with E-state index in [0.717, 1.165) is 62.6 Å². The molecule has 2 heterocycles. The Kier molecular flexibility index (Phi) is 20.8. The summed E-state index contributed by atoms with van der Waals surface area (Å²) < 4.78 is 10.7. The van der Waals surface area contributed by atoms with E-state index in [-0.39, 0.29) is 49.3 Å². The van der Waals surface area contributed by atoms with Gasteiger partial charge in [0.25, 0.3) is 0 Å². The summed E-state index contributed by atoms with van der Waals surface area (Å²) in [6, 6.07) is 14.7. The number of ether oxygens (including phenoxy) is 2. The number of unbranched alkanes of at least 4 members (excludes halogenated alkanes) is 7. The smallest absolute Gasteiger partial charge is 0.224 e. The van der Waals surface area contributed by atoms with Crippen LogP contribution < -0.4 is 41.4 Å². The molecule has 0 atom stereocenters. The van der Waals surface area contributed by atoms with Crippen molar-refractivity contribution in [3.8, 4) is 11.5 Å². The number of aromatic nitrogens is 2. The van der Waals surface area contributed by atoms with E-state index in [2.05, 4.69) is 41.9 Å². The van der Waals surface area contributed by atoms with Crippen molar-refractivity contribution in [3.63, 3.8) is 0 Å². The van der Waals surface area contributed by atoms with E-state index in [1.165, 1.54) is 38.5 Å². The molecule has 0 bridgehead atoms. The second kappa shape index (κ2) is 26.6. The number of anilines is 2. The van der Waals surface area contributed by atoms with Crippen LogP contribution in [0.15, 0.2) is 60.9 Å². The van der Waals surface area contributed by atoms with Crippen LogP contribution in [-0.4, -0.2) is 87.1 Å². The average Bonchev–Trinajstić information content (AvgIpc) is 3.24. The minimum atomic E-state index is -0.241. The third-order valence-electron chi connectivity index (χ3n) is 9.70. The first kappa shape index (κ1) is 45.4. The Hall–Kier alpha value is -5.34. The highest BCUT2D eigenvalue weighted by molar-refractivity contribution is 6.02. The van der Waals surface area contributed by atoms with Gasteiger partial charge in [-0.25, -0.2) is 0 Å². The van der Waals surface area contributed by atoms with Crippen molar-refractivity contribution in [3.05, 3.63) is 60.9 Å². The van der Waals surface area contributed by atoms with Crippen LogP contribution in [0.25, 0.3) is 21.8 Å². The van der Waals surface area contributed by atoms with Gasteiger partial charge in [-0.3, -0.25) is 29.1 Å². The summed E-state index contributed by atoms with van der Waals surface area (Å²) in [4.78, 5) is 58.2. The number of hydrogen-bond acceptors (Lipinski definition) is 10. The Bertz CT molecular complexity index is 1750. The molecular weight excluding hydrogens is 737 g/mol. The molecule has 0 fully saturated rings. The van der Waals surface area contributed by atoms with Gasteiger partial charge >= 0.3 is 0 Å². The lowest BCUT2D eigenvalue weighted by Gasteiger charge is -2.11. The van der Waals surface area contributed by atoms with Crippen LogP contribution in [0.3, 0.4) is 0 Å². The largest absolute Gasteiger partial charge is 0.497 e. The van der Waals surface area contributed by atoms with E-state index in [4.69, 9.17) is 9.47 Å². The fourth-order valence-corrected chi connectivity index (χ4v) is 6.51. The highest BCUT2D eigenvalue weighted by atomic mass is 16.5. The second-order valence-corrected chi connectivity index (χ2v) is 14.3. The topological polar surface area (TPSA) is 185 Å². The summed E-state index contributed by atoms with van der Waals surface area (Å²) in [6.45, 7) is 4.83. The molecule has 14 nitrogen and oxygen atoms in total. The van der Waals surface area contributed by atoms with E-state index < -0.39 is 0 Å². The number of carbonyl (C=O) groups excluding carboxylic acids is 4. The lowest BCUT2D eigenvalue weighted by Crippen LogP contribution is -2.28. The SMILES string of the molecule is COc1cc(NC(=O)CCC(=O)NCCCNCCCCCCCCCCNCCCNC(=O)CCC(=O)Nc2cc(OC)cc3cccnc23)c2ncccc2c1. The number of benzene rings is 2. The molecule has 0 saturated carbocycles. The number of pyridine rings is 2. The molecule has 0 unspecified atom stereocenters. The number of nitrogens with one attached hydrogen (secondary N) is 6. The standard InChI is InChI=1S/C44H62N8O6/c1-57-35-29-33-15-11-25-49-43(33)37(31-35)51-41(55)19-17-39(53)47-27-13-23-45-21-9-7-5-3-4-6-8-10-22-46-24-14-28-48-40(54)18-20-42(56)52-38-32-36(58-2)30-34-16-12-26-50-44(34)38/h11-12,15-16,25-26,29-32,45-46H,3-10,13-14,17-24,27-28H2,1-2H3,(H,47,53)(H,48,54)(H,51,55)(H,52,56). The summed E-state index contributed by atoms with van der Waals surface area (Å²) in [7, 11) is 3.15. The van der Waals surface area contributed by atoms with E-state index in [9.17, 15) is 19.2 Å². The molecule has 2 aromatic carbocycles. The van der Waals surface area contributed by atoms with Crippen LogP contribution in [0.1, 0.15) is 89.9 Å². The Balaban J connectivity index is 0.868. The molecule has 14 heteroatoms. The van der Waals surface area contributed by atoms with Gasteiger partial charge in [-0.05, 0) is 76.1 Å². The maximum atomic E-state index is 12.5. The third kappa shape index (κ3) is 17.0. The maximum Gasteiger partial charge on any atom is 0.224 e. The summed E-state index contributed by atoms with van der Waals surface area (Å²) in [5.74, 6) is 0.512. The molecule has 58 heavy (non-hydrogen) atoms. The Morgan fingerprint density at radius 2 is 0.862 bits per heavy atom. The fraction of sp³-hybridized carbons (Fsp3) is 0.500. The highest BCUT2D eigenvalue weighted by Crippen LogP contribution is 2.29. The number of amides is 4. The third-order valence-corrected chi connectivity index (χ3v) is 9.70. The lowest BCUT2D eigenvalue weighted by atomic mass is 10.1. The van der Waals surface area contributed by atoms with E-state index in [0.29, 0.717) is 47.0 Å². The number of fused-ring (bicyclic) bond motifs is 2. The maximum absolute atomic E-state index is 12.5. The average molecular weight is 799 g/mol. The van der Waals surface area contributed by atoms with Gasteiger partial charge in [0.2, 0.25) is 23.6 Å². The van der Waals surface area contributed by atoms with Crippen LogP contribution in [0.5, 0.6) is 11.5 Å². The molecule has 4 aromatic rings. The molecule has 314 valence electrons. The van der Waals surface area contributed by atoms with E-state index in [1.807, 2.05) is 36.4 Å². The summed E-state index contributed by atoms with van der Waals surface area (Å²) >= 11 is 0. The normalized spacial score (nSPS) is 11.0. The molecule has 2 aromatic heterocycles. The van der Waals surface area contributed by atoms with Crippen LogP contribution in [-0.2, 0) is 19.2 Å². The van der Waals surface area contributed by atoms with Gasteiger partial charge in [0, 0.05) is 74.1 Å². The molecule has 0 spiro atoms. The first-order chi connectivity index (χ1) is 28.4. The molecule has 0 radical (unpaired) electrons. The minimum Gasteiger partial charge on any atom is -0.497 e. The zero-order chi connectivity index (χ0) is 41.2. The van der Waals surface area contributed by atoms with Crippen molar-refractivity contribution in [2.24, 2.45) is 0 Å². The molecule has 0 saturated heterocycles. The molecule has 4 amide bonds. The van der Waals surface area contributed by atoms with Crippen molar-refractivity contribution >= 4 is 56.8 Å². The molecule has 6 N–H and O–H groups in total. The number of carbonyl (C=O) groups is 4.